The molecule has 0 bridgehead atoms. The van der Waals surface area contributed by atoms with Crippen LogP contribution >= 0.6 is 0 Å². The van der Waals surface area contributed by atoms with E-state index in [1.165, 1.54) is 19.2 Å². The van der Waals surface area contributed by atoms with E-state index in [-0.39, 0.29) is 16.2 Å². The van der Waals surface area contributed by atoms with Crippen molar-refractivity contribution in [1.82, 2.24) is 4.98 Å². The lowest BCUT2D eigenvalue weighted by Gasteiger charge is -2.09. The van der Waals surface area contributed by atoms with Gasteiger partial charge in [0.15, 0.2) is 6.61 Å². The molecule has 0 aliphatic carbocycles. The molecule has 0 saturated heterocycles. The molecule has 2 aromatic rings. The summed E-state index contributed by atoms with van der Waals surface area (Å²) in [6, 6.07) is 6.69. The Hall–Kier alpha value is -2.65. The number of sulfonamides is 1. The van der Waals surface area contributed by atoms with Crippen LogP contribution in [-0.4, -0.2) is 38.9 Å². The molecule has 0 atom stereocenters. The van der Waals surface area contributed by atoms with Crippen LogP contribution in [0.2, 0.25) is 0 Å². The molecule has 2 rings (SSSR count). The summed E-state index contributed by atoms with van der Waals surface area (Å²) in [4.78, 5) is 26.3. The Morgan fingerprint density at radius 1 is 1.26 bits per heavy atom. The second-order valence-corrected chi connectivity index (χ2v) is 6.05. The number of primary sulfonamides is 1. The fraction of sp³-hybridized carbons (Fsp3) is 0.143. The number of carbonyl (C=O) groups excluding carboxylic acids is 2. The average molecular weight is 338 g/mol. The van der Waals surface area contributed by atoms with Gasteiger partial charge in [-0.25, -0.2) is 18.4 Å². The quantitative estimate of drug-likeness (QED) is 0.589. The van der Waals surface area contributed by atoms with E-state index >= 15 is 0 Å². The van der Waals surface area contributed by atoms with Gasteiger partial charge in [0.2, 0.25) is 15.8 Å². The third kappa shape index (κ3) is 3.96. The van der Waals surface area contributed by atoms with Crippen molar-refractivity contribution in [2.75, 3.05) is 13.7 Å². The van der Waals surface area contributed by atoms with E-state index in [0.717, 1.165) is 6.07 Å². The molecule has 0 amide bonds. The molecule has 0 spiro atoms. The van der Waals surface area contributed by atoms with Crippen molar-refractivity contribution in [2.45, 2.75) is 4.90 Å². The van der Waals surface area contributed by atoms with Gasteiger partial charge < -0.3 is 14.5 Å². The van der Waals surface area contributed by atoms with Crippen molar-refractivity contribution in [3.8, 4) is 5.75 Å². The van der Waals surface area contributed by atoms with Crippen molar-refractivity contribution >= 4 is 21.8 Å². The molecular weight excluding hydrogens is 324 g/mol. The van der Waals surface area contributed by atoms with Gasteiger partial charge in [0, 0.05) is 6.20 Å². The number of ether oxygens (including phenoxy) is 2. The number of H-pyrrole nitrogens is 1. The number of rotatable bonds is 6. The summed E-state index contributed by atoms with van der Waals surface area (Å²) in [5.74, 6) is -1.22. The summed E-state index contributed by atoms with van der Waals surface area (Å²) in [5.41, 5.74) is 0.154. The molecule has 0 fully saturated rings. The van der Waals surface area contributed by atoms with Gasteiger partial charge in [0.05, 0.1) is 17.7 Å². The van der Waals surface area contributed by atoms with Crippen LogP contribution in [-0.2, 0) is 14.8 Å². The summed E-state index contributed by atoms with van der Waals surface area (Å²) in [7, 11) is -2.67. The highest BCUT2D eigenvalue weighted by molar-refractivity contribution is 7.89. The maximum Gasteiger partial charge on any atom is 0.342 e. The van der Waals surface area contributed by atoms with Crippen LogP contribution in [0, 0.1) is 0 Å². The van der Waals surface area contributed by atoms with Gasteiger partial charge >= 0.3 is 5.97 Å². The van der Waals surface area contributed by atoms with Gasteiger partial charge in [-0.2, -0.15) is 0 Å². The Bertz CT molecular complexity index is 827. The Balaban J connectivity index is 2.19. The third-order valence-electron chi connectivity index (χ3n) is 2.95. The van der Waals surface area contributed by atoms with E-state index in [4.69, 9.17) is 14.6 Å². The van der Waals surface area contributed by atoms with Crippen molar-refractivity contribution < 1.29 is 27.5 Å². The van der Waals surface area contributed by atoms with Crippen LogP contribution in [0.15, 0.2) is 41.4 Å². The van der Waals surface area contributed by atoms with Crippen LogP contribution < -0.4 is 9.88 Å². The van der Waals surface area contributed by atoms with E-state index in [1.54, 1.807) is 18.3 Å². The zero-order valence-corrected chi connectivity index (χ0v) is 12.9. The summed E-state index contributed by atoms with van der Waals surface area (Å²) in [6.07, 6.45) is 1.56. The monoisotopic (exact) mass is 338 g/mol. The van der Waals surface area contributed by atoms with Gasteiger partial charge in [-0.15, -0.1) is 0 Å². The second kappa shape index (κ2) is 6.63. The number of hydrogen-bond donors (Lipinski definition) is 2. The normalized spacial score (nSPS) is 11.0. The first kappa shape index (κ1) is 16.7. The number of benzene rings is 1. The fourth-order valence-electron chi connectivity index (χ4n) is 1.81. The highest BCUT2D eigenvalue weighted by Crippen LogP contribution is 2.22. The predicted octanol–water partition coefficient (Wildman–Crippen LogP) is 0.710. The number of nitrogens with one attached hydrogen (secondary N) is 1. The molecule has 0 saturated carbocycles. The number of aromatic amines is 1. The molecule has 8 nitrogen and oxygen atoms in total. The van der Waals surface area contributed by atoms with Gasteiger partial charge in [-0.1, -0.05) is 0 Å². The molecule has 122 valence electrons. The lowest BCUT2D eigenvalue weighted by atomic mass is 10.2. The first-order valence-corrected chi connectivity index (χ1v) is 7.92. The minimum absolute atomic E-state index is 0.106. The zero-order chi connectivity index (χ0) is 17.0. The summed E-state index contributed by atoms with van der Waals surface area (Å²) < 4.78 is 32.6. The number of carbonyl (C=O) groups is 2. The number of hydrogen-bond acceptors (Lipinski definition) is 6. The molecule has 9 heteroatoms. The van der Waals surface area contributed by atoms with Crippen LogP contribution in [0.25, 0.3) is 0 Å². The van der Waals surface area contributed by atoms with E-state index in [2.05, 4.69) is 4.98 Å². The van der Waals surface area contributed by atoms with Gasteiger partial charge in [-0.3, -0.25) is 4.79 Å². The number of Topliss-reactive ketones (excluding diaryl/α,β-unsaturated/α-hetero) is 1. The molecule has 0 radical (unpaired) electrons. The lowest BCUT2D eigenvalue weighted by molar-refractivity contribution is 0.0470. The van der Waals surface area contributed by atoms with Crippen LogP contribution in [0.5, 0.6) is 5.75 Å². The van der Waals surface area contributed by atoms with Gasteiger partial charge in [-0.05, 0) is 30.3 Å². The Kier molecular flexibility index (Phi) is 4.82. The molecule has 0 unspecified atom stereocenters. The van der Waals surface area contributed by atoms with Crippen molar-refractivity contribution in [3.05, 3.63) is 47.8 Å². The lowest BCUT2D eigenvalue weighted by Crippen LogP contribution is -2.17. The number of methoxy groups -OCH3 is 1. The molecule has 3 N–H and O–H groups in total. The molecule has 23 heavy (non-hydrogen) atoms. The summed E-state index contributed by atoms with van der Waals surface area (Å²) in [6.45, 7) is -0.498. The van der Waals surface area contributed by atoms with Gasteiger partial charge in [0.1, 0.15) is 11.3 Å². The van der Waals surface area contributed by atoms with Gasteiger partial charge in [0.25, 0.3) is 0 Å². The smallest absolute Gasteiger partial charge is 0.342 e. The van der Waals surface area contributed by atoms with E-state index in [1.807, 2.05) is 0 Å². The summed E-state index contributed by atoms with van der Waals surface area (Å²) >= 11 is 0. The SMILES string of the molecule is COc1ccc(S(N)(=O)=O)cc1C(=O)OCC(=O)c1ccc[nH]1. The van der Waals surface area contributed by atoms with Crippen LogP contribution in [0.4, 0.5) is 0 Å². The number of esters is 1. The molecular formula is C14H14N2O6S. The molecule has 1 heterocycles. The largest absolute Gasteiger partial charge is 0.496 e. The van der Waals surface area contributed by atoms with E-state index < -0.39 is 28.4 Å². The standard InChI is InChI=1S/C14H14N2O6S/c1-21-13-5-4-9(23(15,19)20)7-10(13)14(18)22-8-12(17)11-3-2-6-16-11/h2-7,16H,8H2,1H3,(H2,15,19,20). The van der Waals surface area contributed by atoms with Crippen LogP contribution in [0.3, 0.4) is 0 Å². The van der Waals surface area contributed by atoms with Crippen LogP contribution in [0.1, 0.15) is 20.8 Å². The number of nitrogens with two attached hydrogens (primary N) is 1. The minimum Gasteiger partial charge on any atom is -0.496 e. The highest BCUT2D eigenvalue weighted by atomic mass is 32.2. The highest BCUT2D eigenvalue weighted by Gasteiger charge is 2.19. The molecule has 0 aliphatic rings. The topological polar surface area (TPSA) is 129 Å². The first-order valence-electron chi connectivity index (χ1n) is 6.37. The molecule has 0 aliphatic heterocycles. The van der Waals surface area contributed by atoms with E-state index in [0.29, 0.717) is 5.69 Å². The third-order valence-corrected chi connectivity index (χ3v) is 3.86. The van der Waals surface area contributed by atoms with Crippen molar-refractivity contribution in [2.24, 2.45) is 5.14 Å². The predicted molar refractivity (Wildman–Crippen MR) is 79.8 cm³/mol. The van der Waals surface area contributed by atoms with Crippen molar-refractivity contribution in [1.29, 1.82) is 0 Å². The first-order chi connectivity index (χ1) is 10.8. The Morgan fingerprint density at radius 2 is 2.00 bits per heavy atom. The number of aromatic nitrogens is 1. The zero-order valence-electron chi connectivity index (χ0n) is 12.1. The van der Waals surface area contributed by atoms with Crippen molar-refractivity contribution in [3.63, 3.8) is 0 Å². The number of ketones is 1. The minimum atomic E-state index is -3.99. The Morgan fingerprint density at radius 3 is 2.57 bits per heavy atom. The Labute approximate surface area is 132 Å². The fourth-order valence-corrected chi connectivity index (χ4v) is 2.35. The maximum atomic E-state index is 12.1. The second-order valence-electron chi connectivity index (χ2n) is 4.49. The van der Waals surface area contributed by atoms with E-state index in [9.17, 15) is 18.0 Å². The maximum absolute atomic E-state index is 12.1. The average Bonchev–Trinajstić information content (AvgIpc) is 3.05. The molecule has 1 aromatic heterocycles. The molecule has 1 aromatic carbocycles. The summed E-state index contributed by atoms with van der Waals surface area (Å²) in [5, 5.41) is 5.02.